The molecule has 0 saturated carbocycles. The molecule has 4 nitrogen and oxygen atoms in total. The van der Waals surface area contributed by atoms with Crippen LogP contribution in [-0.2, 0) is 0 Å². The third-order valence-electron chi connectivity index (χ3n) is 2.25. The summed E-state index contributed by atoms with van der Waals surface area (Å²) in [6, 6.07) is 8.81. The molecule has 0 aliphatic heterocycles. The SMILES string of the molecule is O=[N+]([O-])c1ccc(OSc2cc(Cl)c(Cl)cc2Cl)cc1. The maximum atomic E-state index is 10.5. The number of benzene rings is 2. The van der Waals surface area contributed by atoms with Crippen LogP contribution >= 0.6 is 46.8 Å². The molecule has 20 heavy (non-hydrogen) atoms. The fourth-order valence-electron chi connectivity index (χ4n) is 1.28. The van der Waals surface area contributed by atoms with Crippen molar-refractivity contribution in [2.24, 2.45) is 0 Å². The third-order valence-corrected chi connectivity index (χ3v) is 4.19. The van der Waals surface area contributed by atoms with Crippen LogP contribution in [0.1, 0.15) is 0 Å². The minimum Gasteiger partial charge on any atom is -0.421 e. The summed E-state index contributed by atoms with van der Waals surface area (Å²) < 4.78 is 5.41. The van der Waals surface area contributed by atoms with Crippen LogP contribution in [0.2, 0.25) is 15.1 Å². The van der Waals surface area contributed by atoms with E-state index in [0.29, 0.717) is 25.7 Å². The van der Waals surface area contributed by atoms with Crippen molar-refractivity contribution in [2.45, 2.75) is 4.90 Å². The number of halogens is 3. The first kappa shape index (κ1) is 15.3. The monoisotopic (exact) mass is 349 g/mol. The van der Waals surface area contributed by atoms with Gasteiger partial charge in [-0.2, -0.15) is 0 Å². The number of nitrogens with zero attached hydrogens (tertiary/aromatic N) is 1. The second kappa shape index (κ2) is 6.54. The predicted octanol–water partition coefficient (Wildman–Crippen LogP) is 5.64. The van der Waals surface area contributed by atoms with Gasteiger partial charge in [-0.15, -0.1) is 0 Å². The van der Waals surface area contributed by atoms with Crippen LogP contribution in [0.3, 0.4) is 0 Å². The zero-order valence-electron chi connectivity index (χ0n) is 9.68. The molecule has 104 valence electrons. The van der Waals surface area contributed by atoms with Crippen LogP contribution in [0.5, 0.6) is 5.75 Å². The summed E-state index contributed by atoms with van der Waals surface area (Å²) in [5, 5.41) is 11.7. The second-order valence-electron chi connectivity index (χ2n) is 3.61. The fraction of sp³-hybridized carbons (Fsp3) is 0. The van der Waals surface area contributed by atoms with E-state index in [1.807, 2.05) is 0 Å². The van der Waals surface area contributed by atoms with Crippen LogP contribution in [0.15, 0.2) is 41.3 Å². The first-order valence-corrected chi connectivity index (χ1v) is 7.08. The predicted molar refractivity (Wildman–Crippen MR) is 81.1 cm³/mol. The molecule has 0 heterocycles. The molecule has 2 aromatic rings. The van der Waals surface area contributed by atoms with Gasteiger partial charge in [0.25, 0.3) is 5.69 Å². The minimum absolute atomic E-state index is 0.00470. The van der Waals surface area contributed by atoms with Crippen molar-refractivity contribution in [3.63, 3.8) is 0 Å². The van der Waals surface area contributed by atoms with Crippen LogP contribution in [-0.4, -0.2) is 4.92 Å². The number of rotatable bonds is 4. The molecule has 2 aromatic carbocycles. The lowest BCUT2D eigenvalue weighted by molar-refractivity contribution is -0.384. The quantitative estimate of drug-likeness (QED) is 0.310. The fourth-order valence-corrected chi connectivity index (χ4v) is 2.59. The van der Waals surface area contributed by atoms with E-state index in [4.69, 9.17) is 39.0 Å². The van der Waals surface area contributed by atoms with Gasteiger partial charge in [0.15, 0.2) is 0 Å². The lowest BCUT2D eigenvalue weighted by Crippen LogP contribution is -1.88. The summed E-state index contributed by atoms with van der Waals surface area (Å²) in [5.74, 6) is 0.461. The second-order valence-corrected chi connectivity index (χ2v) is 5.61. The van der Waals surface area contributed by atoms with Crippen molar-refractivity contribution in [1.82, 2.24) is 0 Å². The number of non-ortho nitro benzene ring substituents is 1. The van der Waals surface area contributed by atoms with Gasteiger partial charge in [0.05, 0.1) is 36.9 Å². The average Bonchev–Trinajstić information content (AvgIpc) is 2.42. The standard InChI is InChI=1S/C12H6Cl3NO3S/c13-9-5-11(15)12(6-10(9)14)20-19-8-3-1-7(2-4-8)16(17)18/h1-6H. The van der Waals surface area contributed by atoms with Gasteiger partial charge < -0.3 is 4.18 Å². The maximum Gasteiger partial charge on any atom is 0.269 e. The molecule has 0 fully saturated rings. The molecule has 0 aliphatic rings. The Morgan fingerprint density at radius 1 is 1.00 bits per heavy atom. The van der Waals surface area contributed by atoms with Gasteiger partial charge in [0, 0.05) is 12.1 Å². The molecule has 0 amide bonds. The lowest BCUT2D eigenvalue weighted by atomic mass is 10.3. The Hall–Kier alpha value is -1.14. The Bertz CT molecular complexity index is 649. The van der Waals surface area contributed by atoms with Crippen molar-refractivity contribution in [3.05, 3.63) is 61.6 Å². The van der Waals surface area contributed by atoms with Crippen molar-refractivity contribution >= 4 is 52.5 Å². The number of hydrogen-bond donors (Lipinski definition) is 0. The molecule has 0 aromatic heterocycles. The van der Waals surface area contributed by atoms with Gasteiger partial charge in [0.2, 0.25) is 0 Å². The van der Waals surface area contributed by atoms with Crippen molar-refractivity contribution in [1.29, 1.82) is 0 Å². The Morgan fingerprint density at radius 2 is 1.60 bits per heavy atom. The molecule has 0 radical (unpaired) electrons. The van der Waals surface area contributed by atoms with Crippen LogP contribution in [0.25, 0.3) is 0 Å². The van der Waals surface area contributed by atoms with E-state index in [1.54, 1.807) is 6.07 Å². The molecule has 0 bridgehead atoms. The van der Waals surface area contributed by atoms with Crippen LogP contribution in [0.4, 0.5) is 5.69 Å². The Kier molecular flexibility index (Phi) is 4.99. The minimum atomic E-state index is -0.479. The average molecular weight is 351 g/mol. The lowest BCUT2D eigenvalue weighted by Gasteiger charge is -2.06. The van der Waals surface area contributed by atoms with E-state index in [1.165, 1.54) is 30.3 Å². The Morgan fingerprint density at radius 3 is 2.20 bits per heavy atom. The van der Waals surface area contributed by atoms with E-state index < -0.39 is 4.92 Å². The topological polar surface area (TPSA) is 52.4 Å². The van der Waals surface area contributed by atoms with Crippen LogP contribution in [0, 0.1) is 10.1 Å². The summed E-state index contributed by atoms with van der Waals surface area (Å²) in [7, 11) is 0. The highest BCUT2D eigenvalue weighted by Crippen LogP contribution is 2.35. The van der Waals surface area contributed by atoms with E-state index >= 15 is 0 Å². The number of hydrogen-bond acceptors (Lipinski definition) is 4. The largest absolute Gasteiger partial charge is 0.421 e. The Labute approximate surface area is 133 Å². The van der Waals surface area contributed by atoms with E-state index in [0.717, 1.165) is 12.0 Å². The van der Waals surface area contributed by atoms with Crippen molar-refractivity contribution in [3.8, 4) is 5.75 Å². The molecule has 0 aliphatic carbocycles. The molecule has 0 atom stereocenters. The van der Waals surface area contributed by atoms with Crippen molar-refractivity contribution in [2.75, 3.05) is 0 Å². The Balaban J connectivity index is 2.09. The summed E-state index contributed by atoms with van der Waals surface area (Å²) in [6.45, 7) is 0. The van der Waals surface area contributed by atoms with E-state index in [9.17, 15) is 10.1 Å². The third kappa shape index (κ3) is 3.70. The molecule has 0 unspecified atom stereocenters. The maximum absolute atomic E-state index is 10.5. The highest BCUT2D eigenvalue weighted by atomic mass is 35.5. The number of nitro benzene ring substituents is 1. The molecule has 2 rings (SSSR count). The first-order valence-electron chi connectivity index (χ1n) is 5.21. The highest BCUT2D eigenvalue weighted by molar-refractivity contribution is 7.95. The van der Waals surface area contributed by atoms with Gasteiger partial charge in [-0.3, -0.25) is 10.1 Å². The van der Waals surface area contributed by atoms with E-state index in [-0.39, 0.29) is 5.69 Å². The summed E-state index contributed by atoms with van der Waals surface area (Å²) in [6.07, 6.45) is 0. The molecular weight excluding hydrogens is 345 g/mol. The summed E-state index contributed by atoms with van der Waals surface area (Å²) in [5.41, 5.74) is -0.00470. The van der Waals surface area contributed by atoms with Gasteiger partial charge in [-0.05, 0) is 24.3 Å². The molecule has 0 spiro atoms. The number of nitro groups is 1. The summed E-state index contributed by atoms with van der Waals surface area (Å²) >= 11 is 18.7. The van der Waals surface area contributed by atoms with Crippen LogP contribution < -0.4 is 4.18 Å². The zero-order valence-corrected chi connectivity index (χ0v) is 12.8. The normalized spacial score (nSPS) is 10.3. The molecule has 0 N–H and O–H groups in total. The van der Waals surface area contributed by atoms with Gasteiger partial charge in [-0.1, -0.05) is 34.8 Å². The highest BCUT2D eigenvalue weighted by Gasteiger charge is 2.09. The molecule has 8 heteroatoms. The smallest absolute Gasteiger partial charge is 0.269 e. The molecular formula is C12H6Cl3NO3S. The van der Waals surface area contributed by atoms with Gasteiger partial charge in [-0.25, -0.2) is 0 Å². The van der Waals surface area contributed by atoms with Crippen molar-refractivity contribution < 1.29 is 9.11 Å². The van der Waals surface area contributed by atoms with Gasteiger partial charge >= 0.3 is 0 Å². The summed E-state index contributed by atoms with van der Waals surface area (Å²) in [4.78, 5) is 10.6. The van der Waals surface area contributed by atoms with Gasteiger partial charge in [0.1, 0.15) is 5.75 Å². The zero-order chi connectivity index (χ0) is 14.7. The molecule has 0 saturated heterocycles. The van der Waals surface area contributed by atoms with E-state index in [2.05, 4.69) is 0 Å². The first-order chi connectivity index (χ1) is 9.47.